The Morgan fingerprint density at radius 2 is 2.04 bits per heavy atom. The number of aromatic nitrogens is 2. The first-order valence-electron chi connectivity index (χ1n) is 8.13. The minimum atomic E-state index is -0.356. The van der Waals surface area contributed by atoms with Crippen molar-refractivity contribution in [2.24, 2.45) is 0 Å². The standard InChI is InChI=1S/C18H16Cl3N3O3/c1-2-24-15(14(21)8-23-24)9-22-18(25)17-6-4-12(27-17)10-26-16-5-3-11(19)7-13(16)20/h3-8H,2,9-10H2,1H3,(H,22,25). The van der Waals surface area contributed by atoms with Gasteiger partial charge in [-0.1, -0.05) is 34.8 Å². The highest BCUT2D eigenvalue weighted by molar-refractivity contribution is 6.35. The maximum atomic E-state index is 12.3. The highest BCUT2D eigenvalue weighted by atomic mass is 35.5. The van der Waals surface area contributed by atoms with Gasteiger partial charge >= 0.3 is 0 Å². The van der Waals surface area contributed by atoms with E-state index in [0.29, 0.717) is 33.1 Å². The third-order valence-corrected chi connectivity index (χ3v) is 4.61. The van der Waals surface area contributed by atoms with Crippen molar-refractivity contribution < 1.29 is 13.9 Å². The van der Waals surface area contributed by atoms with Crippen LogP contribution in [0.15, 0.2) is 40.9 Å². The first-order valence-corrected chi connectivity index (χ1v) is 9.26. The molecule has 0 saturated carbocycles. The third-order valence-electron chi connectivity index (χ3n) is 3.76. The van der Waals surface area contributed by atoms with Gasteiger partial charge in [-0.15, -0.1) is 0 Å². The molecular weight excluding hydrogens is 413 g/mol. The molecule has 0 atom stereocenters. The normalized spacial score (nSPS) is 10.8. The van der Waals surface area contributed by atoms with E-state index in [1.807, 2.05) is 6.92 Å². The molecule has 0 fully saturated rings. The second kappa shape index (κ2) is 8.69. The number of benzene rings is 1. The average Bonchev–Trinajstić information content (AvgIpc) is 3.25. The highest BCUT2D eigenvalue weighted by Gasteiger charge is 2.14. The Morgan fingerprint density at radius 1 is 1.22 bits per heavy atom. The number of hydrogen-bond acceptors (Lipinski definition) is 4. The van der Waals surface area contributed by atoms with E-state index in [9.17, 15) is 4.79 Å². The minimum Gasteiger partial charge on any atom is -0.484 e. The van der Waals surface area contributed by atoms with E-state index in [1.165, 1.54) is 0 Å². The summed E-state index contributed by atoms with van der Waals surface area (Å²) < 4.78 is 12.8. The van der Waals surface area contributed by atoms with Gasteiger partial charge in [0.25, 0.3) is 5.91 Å². The highest BCUT2D eigenvalue weighted by Crippen LogP contribution is 2.28. The molecule has 0 aliphatic carbocycles. The summed E-state index contributed by atoms with van der Waals surface area (Å²) in [4.78, 5) is 12.3. The number of rotatable bonds is 7. The zero-order chi connectivity index (χ0) is 19.4. The molecule has 0 aliphatic heterocycles. The Bertz CT molecular complexity index is 952. The lowest BCUT2D eigenvalue weighted by atomic mass is 10.3. The van der Waals surface area contributed by atoms with E-state index < -0.39 is 0 Å². The van der Waals surface area contributed by atoms with Crippen LogP contribution < -0.4 is 10.1 Å². The van der Waals surface area contributed by atoms with E-state index in [1.54, 1.807) is 41.2 Å². The van der Waals surface area contributed by atoms with Crippen LogP contribution in [-0.4, -0.2) is 15.7 Å². The number of carbonyl (C=O) groups is 1. The predicted molar refractivity (Wildman–Crippen MR) is 104 cm³/mol. The number of carbonyl (C=O) groups excluding carboxylic acids is 1. The smallest absolute Gasteiger partial charge is 0.287 e. The Labute approximate surface area is 171 Å². The van der Waals surface area contributed by atoms with Gasteiger partial charge < -0.3 is 14.5 Å². The van der Waals surface area contributed by atoms with Crippen molar-refractivity contribution in [2.45, 2.75) is 26.6 Å². The molecule has 142 valence electrons. The van der Waals surface area contributed by atoms with E-state index in [0.717, 1.165) is 5.69 Å². The van der Waals surface area contributed by atoms with Crippen molar-refractivity contribution in [2.75, 3.05) is 0 Å². The van der Waals surface area contributed by atoms with Crippen LogP contribution >= 0.6 is 34.8 Å². The van der Waals surface area contributed by atoms with E-state index in [2.05, 4.69) is 10.4 Å². The minimum absolute atomic E-state index is 0.128. The molecule has 0 spiro atoms. The van der Waals surface area contributed by atoms with Gasteiger partial charge in [0.05, 0.1) is 28.5 Å². The quantitative estimate of drug-likeness (QED) is 0.577. The molecule has 0 bridgehead atoms. The number of hydrogen-bond donors (Lipinski definition) is 1. The molecule has 2 aromatic heterocycles. The Balaban J connectivity index is 1.58. The van der Waals surface area contributed by atoms with Crippen LogP contribution in [0.1, 0.15) is 28.9 Å². The molecule has 1 aromatic carbocycles. The lowest BCUT2D eigenvalue weighted by Gasteiger charge is -2.07. The molecule has 6 nitrogen and oxygen atoms in total. The van der Waals surface area contributed by atoms with Gasteiger partial charge in [-0.3, -0.25) is 9.48 Å². The third kappa shape index (κ3) is 4.77. The summed E-state index contributed by atoms with van der Waals surface area (Å²) >= 11 is 18.0. The Kier molecular flexibility index (Phi) is 6.31. The molecule has 0 aliphatic rings. The van der Waals surface area contributed by atoms with Gasteiger partial charge in [0.2, 0.25) is 0 Å². The molecule has 1 amide bonds. The first kappa shape index (κ1) is 19.6. The largest absolute Gasteiger partial charge is 0.484 e. The molecule has 3 aromatic rings. The molecule has 0 radical (unpaired) electrons. The first-order chi connectivity index (χ1) is 13.0. The maximum Gasteiger partial charge on any atom is 0.287 e. The fourth-order valence-corrected chi connectivity index (χ4v) is 3.08. The van der Waals surface area contributed by atoms with Crippen LogP contribution in [0, 0.1) is 0 Å². The van der Waals surface area contributed by atoms with Crippen molar-refractivity contribution in [3.05, 3.63) is 68.8 Å². The summed E-state index contributed by atoms with van der Waals surface area (Å²) in [7, 11) is 0. The van der Waals surface area contributed by atoms with Gasteiger partial charge in [0.15, 0.2) is 5.76 Å². The summed E-state index contributed by atoms with van der Waals surface area (Å²) in [5, 5.41) is 8.32. The number of furan rings is 1. The lowest BCUT2D eigenvalue weighted by molar-refractivity contribution is 0.0918. The number of aryl methyl sites for hydroxylation is 1. The van der Waals surface area contributed by atoms with E-state index in [-0.39, 0.29) is 24.8 Å². The predicted octanol–water partition coefficient (Wildman–Crippen LogP) is 4.97. The maximum absolute atomic E-state index is 12.3. The fourth-order valence-electron chi connectivity index (χ4n) is 2.41. The summed E-state index contributed by atoms with van der Waals surface area (Å²) in [6.45, 7) is 2.98. The molecular formula is C18H16Cl3N3O3. The van der Waals surface area contributed by atoms with Crippen molar-refractivity contribution in [1.82, 2.24) is 15.1 Å². The molecule has 1 N–H and O–H groups in total. The zero-order valence-electron chi connectivity index (χ0n) is 14.3. The van der Waals surface area contributed by atoms with Crippen LogP contribution in [-0.2, 0) is 19.7 Å². The van der Waals surface area contributed by atoms with Crippen LogP contribution in [0.2, 0.25) is 15.1 Å². The number of nitrogens with zero attached hydrogens (tertiary/aromatic N) is 2. The molecule has 0 saturated heterocycles. The number of amides is 1. The molecule has 2 heterocycles. The molecule has 9 heteroatoms. The van der Waals surface area contributed by atoms with Crippen LogP contribution in [0.5, 0.6) is 5.75 Å². The van der Waals surface area contributed by atoms with E-state index >= 15 is 0 Å². The van der Waals surface area contributed by atoms with Gasteiger partial charge in [-0.05, 0) is 37.3 Å². The molecule has 27 heavy (non-hydrogen) atoms. The SMILES string of the molecule is CCn1ncc(Cl)c1CNC(=O)c1ccc(COc2ccc(Cl)cc2Cl)o1. The van der Waals surface area contributed by atoms with E-state index in [4.69, 9.17) is 44.0 Å². The number of ether oxygens (including phenoxy) is 1. The van der Waals surface area contributed by atoms with Crippen molar-refractivity contribution in [3.63, 3.8) is 0 Å². The Morgan fingerprint density at radius 3 is 2.78 bits per heavy atom. The molecule has 0 unspecified atom stereocenters. The van der Waals surface area contributed by atoms with Crippen molar-refractivity contribution in [3.8, 4) is 5.75 Å². The fraction of sp³-hybridized carbons (Fsp3) is 0.222. The zero-order valence-corrected chi connectivity index (χ0v) is 16.6. The van der Waals surface area contributed by atoms with Gasteiger partial charge in [0.1, 0.15) is 18.1 Å². The van der Waals surface area contributed by atoms with Crippen molar-refractivity contribution in [1.29, 1.82) is 0 Å². The summed E-state index contributed by atoms with van der Waals surface area (Å²) in [5.41, 5.74) is 0.736. The van der Waals surface area contributed by atoms with Crippen LogP contribution in [0.4, 0.5) is 0 Å². The summed E-state index contributed by atoms with van der Waals surface area (Å²) in [5.74, 6) is 0.786. The van der Waals surface area contributed by atoms with Crippen LogP contribution in [0.3, 0.4) is 0 Å². The van der Waals surface area contributed by atoms with Gasteiger partial charge in [-0.25, -0.2) is 0 Å². The second-order valence-electron chi connectivity index (χ2n) is 5.57. The topological polar surface area (TPSA) is 69.3 Å². The van der Waals surface area contributed by atoms with Crippen molar-refractivity contribution >= 4 is 40.7 Å². The Hall–Kier alpha value is -2.15. The monoisotopic (exact) mass is 427 g/mol. The number of nitrogens with one attached hydrogen (secondary N) is 1. The van der Waals surface area contributed by atoms with Gasteiger partial charge in [0, 0.05) is 11.6 Å². The van der Waals surface area contributed by atoms with Gasteiger partial charge in [-0.2, -0.15) is 5.10 Å². The van der Waals surface area contributed by atoms with Crippen LogP contribution in [0.25, 0.3) is 0 Å². The lowest BCUT2D eigenvalue weighted by Crippen LogP contribution is -2.24. The second-order valence-corrected chi connectivity index (χ2v) is 6.82. The molecule has 3 rings (SSSR count). The summed E-state index contributed by atoms with van der Waals surface area (Å²) in [6, 6.07) is 8.18. The summed E-state index contributed by atoms with van der Waals surface area (Å²) in [6.07, 6.45) is 1.55. The average molecular weight is 429 g/mol. The number of halogens is 3.